The minimum atomic E-state index is -0.811. The Labute approximate surface area is 120 Å². The second-order valence-electron chi connectivity index (χ2n) is 5.05. The Morgan fingerprint density at radius 1 is 1.50 bits per heavy atom. The van der Waals surface area contributed by atoms with Crippen LogP contribution < -0.4 is 10.1 Å². The number of pyridine rings is 1. The van der Waals surface area contributed by atoms with Crippen molar-refractivity contribution in [3.05, 3.63) is 23.9 Å². The quantitative estimate of drug-likeness (QED) is 0.727. The van der Waals surface area contributed by atoms with Gasteiger partial charge in [0, 0.05) is 18.3 Å². The van der Waals surface area contributed by atoms with Gasteiger partial charge in [-0.25, -0.2) is 4.98 Å². The molecule has 5 nitrogen and oxygen atoms in total. The summed E-state index contributed by atoms with van der Waals surface area (Å²) < 4.78 is 5.62. The average molecular weight is 280 g/mol. The number of aliphatic carboxylic acids is 1. The van der Waals surface area contributed by atoms with Crippen LogP contribution in [0.25, 0.3) is 0 Å². The summed E-state index contributed by atoms with van der Waals surface area (Å²) in [4.78, 5) is 15.4. The van der Waals surface area contributed by atoms with Gasteiger partial charge < -0.3 is 15.2 Å². The number of hydrogen-bond acceptors (Lipinski definition) is 4. The predicted octanol–water partition coefficient (Wildman–Crippen LogP) is 2.60. The van der Waals surface area contributed by atoms with Crippen molar-refractivity contribution in [2.45, 2.75) is 58.7 Å². The number of ether oxygens (including phenoxy) is 1. The molecule has 1 aromatic rings. The van der Waals surface area contributed by atoms with E-state index in [2.05, 4.69) is 17.2 Å². The summed E-state index contributed by atoms with van der Waals surface area (Å²) in [6, 6.07) is 3.20. The van der Waals surface area contributed by atoms with Crippen LogP contribution in [0.15, 0.2) is 18.3 Å². The summed E-state index contributed by atoms with van der Waals surface area (Å²) in [6.45, 7) is 6.37. The van der Waals surface area contributed by atoms with E-state index in [1.807, 2.05) is 26.0 Å². The zero-order chi connectivity index (χ0) is 15.0. The number of nitrogens with zero attached hydrogens (tertiary/aromatic N) is 1. The van der Waals surface area contributed by atoms with Crippen molar-refractivity contribution in [2.75, 3.05) is 0 Å². The van der Waals surface area contributed by atoms with Crippen molar-refractivity contribution < 1.29 is 14.6 Å². The smallest absolute Gasteiger partial charge is 0.320 e. The number of aromatic nitrogens is 1. The van der Waals surface area contributed by atoms with E-state index in [0.29, 0.717) is 18.8 Å². The second-order valence-corrected chi connectivity index (χ2v) is 5.05. The molecule has 0 spiro atoms. The third kappa shape index (κ3) is 5.57. The van der Waals surface area contributed by atoms with Crippen molar-refractivity contribution >= 4 is 5.97 Å². The molecule has 0 saturated carbocycles. The molecule has 1 heterocycles. The third-order valence-electron chi connectivity index (χ3n) is 2.88. The molecule has 5 heteroatoms. The van der Waals surface area contributed by atoms with Crippen LogP contribution in [0.4, 0.5) is 0 Å². The largest absolute Gasteiger partial charge is 0.480 e. The lowest BCUT2D eigenvalue weighted by Gasteiger charge is -2.16. The molecule has 0 aliphatic rings. The van der Waals surface area contributed by atoms with Crippen molar-refractivity contribution in [1.82, 2.24) is 10.3 Å². The molecule has 20 heavy (non-hydrogen) atoms. The average Bonchev–Trinajstić information content (AvgIpc) is 2.39. The number of nitrogens with one attached hydrogen (secondary N) is 1. The molecule has 1 atom stereocenters. The first kappa shape index (κ1) is 16.4. The number of rotatable bonds is 9. The van der Waals surface area contributed by atoms with Crippen LogP contribution in [0.2, 0.25) is 0 Å². The minimum absolute atomic E-state index is 0.0408. The predicted molar refractivity (Wildman–Crippen MR) is 77.8 cm³/mol. The Hall–Kier alpha value is -1.62. The van der Waals surface area contributed by atoms with Gasteiger partial charge in [0.2, 0.25) is 5.88 Å². The molecule has 0 fully saturated rings. The Bertz CT molecular complexity index is 421. The molecule has 0 aromatic carbocycles. The fourth-order valence-corrected chi connectivity index (χ4v) is 1.84. The highest BCUT2D eigenvalue weighted by molar-refractivity contribution is 5.73. The van der Waals surface area contributed by atoms with E-state index in [-0.39, 0.29) is 6.10 Å². The van der Waals surface area contributed by atoms with Gasteiger partial charge in [-0.2, -0.15) is 0 Å². The van der Waals surface area contributed by atoms with Gasteiger partial charge in [-0.05, 0) is 26.3 Å². The van der Waals surface area contributed by atoms with Gasteiger partial charge in [-0.15, -0.1) is 0 Å². The lowest BCUT2D eigenvalue weighted by Crippen LogP contribution is -2.36. The van der Waals surface area contributed by atoms with Crippen molar-refractivity contribution in [3.63, 3.8) is 0 Å². The van der Waals surface area contributed by atoms with Gasteiger partial charge in [-0.3, -0.25) is 4.79 Å². The van der Waals surface area contributed by atoms with Crippen LogP contribution in [0.5, 0.6) is 5.88 Å². The molecule has 0 saturated heterocycles. The zero-order valence-corrected chi connectivity index (χ0v) is 12.4. The number of carboxylic acids is 1. The maximum absolute atomic E-state index is 11.2. The van der Waals surface area contributed by atoms with Crippen LogP contribution in [0.1, 0.15) is 45.6 Å². The number of hydrogen-bond donors (Lipinski definition) is 2. The third-order valence-corrected chi connectivity index (χ3v) is 2.88. The summed E-state index contributed by atoms with van der Waals surface area (Å²) in [5.41, 5.74) is 0.879. The van der Waals surface area contributed by atoms with Crippen molar-refractivity contribution in [2.24, 2.45) is 0 Å². The van der Waals surface area contributed by atoms with Gasteiger partial charge in [0.1, 0.15) is 6.04 Å². The van der Waals surface area contributed by atoms with E-state index in [4.69, 9.17) is 4.74 Å². The lowest BCUT2D eigenvalue weighted by atomic mass is 10.1. The van der Waals surface area contributed by atoms with Crippen LogP contribution in [0, 0.1) is 0 Å². The van der Waals surface area contributed by atoms with E-state index < -0.39 is 12.0 Å². The Balaban J connectivity index is 2.65. The summed E-state index contributed by atoms with van der Waals surface area (Å²) in [7, 11) is 0. The first-order chi connectivity index (χ1) is 9.54. The first-order valence-corrected chi connectivity index (χ1v) is 7.11. The molecule has 1 rings (SSSR count). The Morgan fingerprint density at radius 3 is 2.85 bits per heavy atom. The highest BCUT2D eigenvalue weighted by Crippen LogP contribution is 2.16. The maximum atomic E-state index is 11.2. The molecular weight excluding hydrogens is 256 g/mol. The number of unbranched alkanes of at least 4 members (excludes halogenated alkanes) is 1. The lowest BCUT2D eigenvalue weighted by molar-refractivity contribution is -0.139. The van der Waals surface area contributed by atoms with E-state index in [9.17, 15) is 9.90 Å². The molecule has 0 amide bonds. The molecule has 2 N–H and O–H groups in total. The summed E-state index contributed by atoms with van der Waals surface area (Å²) in [5, 5.41) is 12.2. The van der Waals surface area contributed by atoms with Gasteiger partial charge in [0.15, 0.2) is 0 Å². The number of carboxylic acid groups (broad SMARTS) is 1. The molecule has 0 radical (unpaired) electrons. The number of carbonyl (C=O) groups is 1. The maximum Gasteiger partial charge on any atom is 0.320 e. The SMILES string of the molecule is CCCCC(NCc1cccnc1OC(C)C)C(=O)O. The van der Waals surface area contributed by atoms with Gasteiger partial charge in [0.25, 0.3) is 0 Å². The van der Waals surface area contributed by atoms with Gasteiger partial charge >= 0.3 is 5.97 Å². The van der Waals surface area contributed by atoms with E-state index >= 15 is 0 Å². The molecule has 0 bridgehead atoms. The van der Waals surface area contributed by atoms with E-state index in [1.54, 1.807) is 6.20 Å². The minimum Gasteiger partial charge on any atom is -0.480 e. The van der Waals surface area contributed by atoms with Crippen molar-refractivity contribution in [3.8, 4) is 5.88 Å². The summed E-state index contributed by atoms with van der Waals surface area (Å²) in [5.74, 6) is -0.247. The van der Waals surface area contributed by atoms with E-state index in [0.717, 1.165) is 18.4 Å². The molecule has 0 aliphatic carbocycles. The standard InChI is InChI=1S/C15H24N2O3/c1-4-5-8-13(15(18)19)17-10-12-7-6-9-16-14(12)20-11(2)3/h6-7,9,11,13,17H,4-5,8,10H2,1-3H3,(H,18,19). The van der Waals surface area contributed by atoms with Crippen LogP contribution >= 0.6 is 0 Å². The van der Waals surface area contributed by atoms with Crippen LogP contribution in [-0.2, 0) is 11.3 Å². The Morgan fingerprint density at radius 2 is 2.25 bits per heavy atom. The van der Waals surface area contributed by atoms with Gasteiger partial charge in [-0.1, -0.05) is 25.8 Å². The molecule has 0 aliphatic heterocycles. The van der Waals surface area contributed by atoms with Crippen LogP contribution in [-0.4, -0.2) is 28.2 Å². The Kier molecular flexibility index (Phi) is 7.01. The first-order valence-electron chi connectivity index (χ1n) is 7.11. The highest BCUT2D eigenvalue weighted by atomic mass is 16.5. The fraction of sp³-hybridized carbons (Fsp3) is 0.600. The zero-order valence-electron chi connectivity index (χ0n) is 12.4. The van der Waals surface area contributed by atoms with Gasteiger partial charge in [0.05, 0.1) is 6.10 Å². The topological polar surface area (TPSA) is 71.5 Å². The monoisotopic (exact) mass is 280 g/mol. The van der Waals surface area contributed by atoms with Crippen LogP contribution in [0.3, 0.4) is 0 Å². The molecular formula is C15H24N2O3. The molecule has 1 unspecified atom stereocenters. The molecule has 112 valence electrons. The normalized spacial score (nSPS) is 12.4. The fourth-order valence-electron chi connectivity index (χ4n) is 1.84. The summed E-state index contributed by atoms with van der Waals surface area (Å²) in [6.07, 6.45) is 4.23. The van der Waals surface area contributed by atoms with E-state index in [1.165, 1.54) is 0 Å². The highest BCUT2D eigenvalue weighted by Gasteiger charge is 2.17. The second kappa shape index (κ2) is 8.53. The molecule has 1 aromatic heterocycles. The van der Waals surface area contributed by atoms with Crippen molar-refractivity contribution in [1.29, 1.82) is 0 Å². The summed E-state index contributed by atoms with van der Waals surface area (Å²) >= 11 is 0.